The average Bonchev–Trinajstić information content (AvgIpc) is 3.12. The molecular weight excluding hydrogens is 382 g/mol. The van der Waals surface area contributed by atoms with Crippen LogP contribution in [-0.4, -0.2) is 41.9 Å². The molecule has 4 aromatic heterocycles. The van der Waals surface area contributed by atoms with Crippen molar-refractivity contribution in [2.24, 2.45) is 0 Å². The van der Waals surface area contributed by atoms with Crippen molar-refractivity contribution in [1.82, 2.24) is 34.8 Å². The molecule has 0 spiro atoms. The van der Waals surface area contributed by atoms with Gasteiger partial charge in [0.05, 0.1) is 17.9 Å². The Morgan fingerprint density at radius 2 is 2.00 bits per heavy atom. The highest BCUT2D eigenvalue weighted by atomic mass is 16.1. The van der Waals surface area contributed by atoms with Crippen LogP contribution in [0.4, 0.5) is 11.6 Å². The topological polar surface area (TPSA) is 151 Å². The largest absolute Gasteiger partial charge is 0.382 e. The van der Waals surface area contributed by atoms with Gasteiger partial charge in [-0.25, -0.2) is 19.9 Å². The summed E-state index contributed by atoms with van der Waals surface area (Å²) in [5.74, 6) is 1.23. The molecule has 0 radical (unpaired) electrons. The third-order valence-corrected chi connectivity index (χ3v) is 4.82. The molecule has 0 aliphatic carbocycles. The average molecular weight is 405 g/mol. The maximum atomic E-state index is 12.3. The van der Waals surface area contributed by atoms with E-state index in [0.29, 0.717) is 29.9 Å². The van der Waals surface area contributed by atoms with Crippen LogP contribution < -0.4 is 16.8 Å². The lowest BCUT2D eigenvalue weighted by atomic mass is 10.2. The molecule has 30 heavy (non-hydrogen) atoms. The number of aryl methyl sites for hydroxylation is 1. The van der Waals surface area contributed by atoms with Crippen LogP contribution in [0.2, 0.25) is 0 Å². The van der Waals surface area contributed by atoms with Gasteiger partial charge >= 0.3 is 0 Å². The zero-order chi connectivity index (χ0) is 21.1. The number of hydrogen-bond acceptors (Lipinski definition) is 8. The first-order valence-corrected chi connectivity index (χ1v) is 9.83. The van der Waals surface area contributed by atoms with Gasteiger partial charge in [0.25, 0.3) is 5.91 Å². The zero-order valence-corrected chi connectivity index (χ0v) is 16.7. The van der Waals surface area contributed by atoms with Gasteiger partial charge in [-0.15, -0.1) is 0 Å². The van der Waals surface area contributed by atoms with E-state index in [9.17, 15) is 4.79 Å². The molecule has 0 fully saturated rings. The fraction of sp³-hybridized carbons (Fsp3) is 0.300. The van der Waals surface area contributed by atoms with Gasteiger partial charge in [-0.05, 0) is 18.6 Å². The molecule has 4 heterocycles. The van der Waals surface area contributed by atoms with Crippen LogP contribution in [-0.2, 0) is 13.0 Å². The molecule has 0 saturated carbocycles. The summed E-state index contributed by atoms with van der Waals surface area (Å²) in [7, 11) is 0. The molecule has 0 saturated heterocycles. The number of aromatic nitrogens is 6. The molecule has 0 unspecified atom stereocenters. The van der Waals surface area contributed by atoms with Crippen molar-refractivity contribution in [3.8, 4) is 0 Å². The Kier molecular flexibility index (Phi) is 5.38. The molecule has 0 atom stereocenters. The second-order valence-corrected chi connectivity index (χ2v) is 6.93. The Balaban J connectivity index is 1.65. The Labute approximate surface area is 172 Å². The van der Waals surface area contributed by atoms with Crippen LogP contribution in [0.3, 0.4) is 0 Å². The lowest BCUT2D eigenvalue weighted by molar-refractivity contribution is 0.0947. The molecule has 10 nitrogen and oxygen atoms in total. The number of hydrogen-bond donors (Lipinski definition) is 3. The molecule has 0 aliphatic rings. The van der Waals surface area contributed by atoms with Crippen molar-refractivity contribution in [2.75, 3.05) is 18.0 Å². The number of nitrogen functional groups attached to an aromatic ring is 2. The number of rotatable bonds is 7. The summed E-state index contributed by atoms with van der Waals surface area (Å²) >= 11 is 0. The van der Waals surface area contributed by atoms with E-state index in [1.54, 1.807) is 6.20 Å². The van der Waals surface area contributed by atoms with Gasteiger partial charge in [0.15, 0.2) is 5.82 Å². The van der Waals surface area contributed by atoms with Crippen molar-refractivity contribution < 1.29 is 4.79 Å². The number of carbonyl (C=O) groups excluding carboxylic acids is 1. The highest BCUT2D eigenvalue weighted by molar-refractivity contribution is 6.04. The van der Waals surface area contributed by atoms with E-state index < -0.39 is 0 Å². The third kappa shape index (κ3) is 3.71. The summed E-state index contributed by atoms with van der Waals surface area (Å²) in [6, 6.07) is 3.70. The second kappa shape index (κ2) is 8.27. The quantitative estimate of drug-likeness (QED) is 0.420. The van der Waals surface area contributed by atoms with E-state index in [4.69, 9.17) is 16.5 Å². The Bertz CT molecular complexity index is 1200. The van der Waals surface area contributed by atoms with Gasteiger partial charge < -0.3 is 21.4 Å². The number of nitrogens with one attached hydrogen (secondary N) is 1. The summed E-state index contributed by atoms with van der Waals surface area (Å²) in [5, 5.41) is 2.87. The van der Waals surface area contributed by atoms with Crippen molar-refractivity contribution in [1.29, 1.82) is 0 Å². The number of unbranched alkanes of at least 4 members (excludes halogenated alkanes) is 1. The highest BCUT2D eigenvalue weighted by Crippen LogP contribution is 2.27. The van der Waals surface area contributed by atoms with Crippen LogP contribution in [0.25, 0.3) is 22.1 Å². The number of anilines is 2. The third-order valence-electron chi connectivity index (χ3n) is 4.82. The number of nitrogens with two attached hydrogens (primary N) is 2. The van der Waals surface area contributed by atoms with Gasteiger partial charge in [-0.1, -0.05) is 13.3 Å². The molecule has 154 valence electrons. The van der Waals surface area contributed by atoms with Crippen LogP contribution in [0.1, 0.15) is 36.1 Å². The van der Waals surface area contributed by atoms with Gasteiger partial charge in [0, 0.05) is 25.7 Å². The molecule has 10 heteroatoms. The fourth-order valence-electron chi connectivity index (χ4n) is 3.36. The maximum absolute atomic E-state index is 12.3. The molecular formula is C20H23N9O. The van der Waals surface area contributed by atoms with Crippen molar-refractivity contribution >= 4 is 39.6 Å². The molecule has 5 N–H and O–H groups in total. The predicted octanol–water partition coefficient (Wildman–Crippen LogP) is 1.71. The Hall–Kier alpha value is -3.82. The SMILES string of the molecule is CCCCc1nc2c(N)nc3cccnc3c2n1CCNC(=O)c1cnc(N)cn1. The number of carbonyl (C=O) groups is 1. The summed E-state index contributed by atoms with van der Waals surface area (Å²) < 4.78 is 2.08. The summed E-state index contributed by atoms with van der Waals surface area (Å²) in [4.78, 5) is 33.9. The van der Waals surface area contributed by atoms with Gasteiger partial charge in [0.1, 0.15) is 33.9 Å². The van der Waals surface area contributed by atoms with E-state index in [2.05, 4.69) is 36.7 Å². The first-order chi connectivity index (χ1) is 14.6. The molecule has 4 rings (SSSR count). The second-order valence-electron chi connectivity index (χ2n) is 6.93. The van der Waals surface area contributed by atoms with E-state index in [1.165, 1.54) is 12.4 Å². The number of amides is 1. The summed E-state index contributed by atoms with van der Waals surface area (Å²) in [5.41, 5.74) is 14.9. The standard InChI is InChI=1S/C20H23N9O/c1-2-3-6-15-28-17-18(16-12(27-19(17)22)5-4-7-23-16)29(15)9-8-24-20(30)13-10-26-14(21)11-25-13/h4-5,7,10-11H,2-3,6,8-9H2,1H3,(H2,21,26)(H2,22,27)(H,24,30). The van der Waals surface area contributed by atoms with Gasteiger partial charge in [0.2, 0.25) is 0 Å². The van der Waals surface area contributed by atoms with Crippen molar-refractivity contribution in [2.45, 2.75) is 32.7 Å². The monoisotopic (exact) mass is 405 g/mol. The van der Waals surface area contributed by atoms with E-state index >= 15 is 0 Å². The van der Waals surface area contributed by atoms with Crippen molar-refractivity contribution in [3.05, 3.63) is 42.2 Å². The van der Waals surface area contributed by atoms with Crippen LogP contribution in [0.15, 0.2) is 30.7 Å². The minimum atomic E-state index is -0.314. The number of pyridine rings is 2. The van der Waals surface area contributed by atoms with Crippen LogP contribution in [0.5, 0.6) is 0 Å². The molecule has 4 aromatic rings. The predicted molar refractivity (Wildman–Crippen MR) is 115 cm³/mol. The van der Waals surface area contributed by atoms with Gasteiger partial charge in [-0.2, -0.15) is 0 Å². The summed E-state index contributed by atoms with van der Waals surface area (Å²) in [6.07, 6.45) is 7.28. The van der Waals surface area contributed by atoms with Crippen molar-refractivity contribution in [3.63, 3.8) is 0 Å². The lowest BCUT2D eigenvalue weighted by Gasteiger charge is -2.11. The highest BCUT2D eigenvalue weighted by Gasteiger charge is 2.18. The Morgan fingerprint density at radius 3 is 2.77 bits per heavy atom. The number of nitrogens with zero attached hydrogens (tertiary/aromatic N) is 6. The van der Waals surface area contributed by atoms with E-state index in [-0.39, 0.29) is 17.4 Å². The lowest BCUT2D eigenvalue weighted by Crippen LogP contribution is -2.28. The van der Waals surface area contributed by atoms with E-state index in [1.807, 2.05) is 12.1 Å². The first-order valence-electron chi connectivity index (χ1n) is 9.83. The molecule has 0 bridgehead atoms. The number of imidazole rings is 1. The number of fused-ring (bicyclic) bond motifs is 3. The first kappa shape index (κ1) is 19.5. The van der Waals surface area contributed by atoms with Crippen LogP contribution >= 0.6 is 0 Å². The fourth-order valence-corrected chi connectivity index (χ4v) is 3.36. The molecule has 0 aliphatic heterocycles. The molecule has 0 aromatic carbocycles. The Morgan fingerprint density at radius 1 is 1.13 bits per heavy atom. The minimum absolute atomic E-state index is 0.214. The van der Waals surface area contributed by atoms with Gasteiger partial charge in [-0.3, -0.25) is 9.78 Å². The smallest absolute Gasteiger partial charge is 0.271 e. The maximum Gasteiger partial charge on any atom is 0.271 e. The van der Waals surface area contributed by atoms with Crippen LogP contribution in [0, 0.1) is 0 Å². The van der Waals surface area contributed by atoms with E-state index in [0.717, 1.165) is 36.1 Å². The molecule has 1 amide bonds. The summed E-state index contributed by atoms with van der Waals surface area (Å²) in [6.45, 7) is 3.03. The zero-order valence-electron chi connectivity index (χ0n) is 16.7. The minimum Gasteiger partial charge on any atom is -0.382 e. The normalized spacial score (nSPS) is 11.2.